The largest absolute Gasteiger partial charge is 0.508 e. The number of phenols is 1. The number of rotatable bonds is 5. The van der Waals surface area contributed by atoms with E-state index in [0.717, 1.165) is 4.90 Å². The zero-order valence-electron chi connectivity index (χ0n) is 15.6. The van der Waals surface area contributed by atoms with E-state index in [2.05, 4.69) is 51.2 Å². The number of aliphatic hydroxyl groups excluding tert-OH is 1. The van der Waals surface area contributed by atoms with Gasteiger partial charge < -0.3 is 10.2 Å². The minimum absolute atomic E-state index is 0.232. The Morgan fingerprint density at radius 1 is 1.00 bits per heavy atom. The lowest BCUT2D eigenvalue weighted by atomic mass is 9.88. The van der Waals surface area contributed by atoms with Crippen molar-refractivity contribution in [3.8, 4) is 16.9 Å². The Bertz CT molecular complexity index is 934. The highest BCUT2D eigenvalue weighted by molar-refractivity contribution is 7.99. The van der Waals surface area contributed by atoms with Gasteiger partial charge in [0.05, 0.1) is 6.10 Å². The molecular weight excluding hydrogens is 351 g/mol. The number of hydrogen-bond acceptors (Lipinski definition) is 3. The predicted octanol–water partition coefficient (Wildman–Crippen LogP) is 3.61. The molecule has 0 spiro atoms. The second kappa shape index (κ2) is 7.45. The van der Waals surface area contributed by atoms with E-state index in [1.165, 1.54) is 33.3 Å². The molecule has 0 bridgehead atoms. The molecule has 0 aromatic heterocycles. The summed E-state index contributed by atoms with van der Waals surface area (Å²) in [5.74, 6) is 1.11. The summed E-state index contributed by atoms with van der Waals surface area (Å²) in [5, 5.41) is 20.3. The van der Waals surface area contributed by atoms with Crippen molar-refractivity contribution < 1.29 is 10.2 Å². The van der Waals surface area contributed by atoms with Crippen molar-refractivity contribution in [2.75, 3.05) is 5.75 Å². The van der Waals surface area contributed by atoms with Crippen molar-refractivity contribution >= 4 is 25.1 Å². The van der Waals surface area contributed by atoms with Crippen LogP contribution in [0, 0.1) is 6.92 Å². The molecule has 0 saturated heterocycles. The Morgan fingerprint density at radius 2 is 1.74 bits per heavy atom. The first-order chi connectivity index (χ1) is 13.0. The summed E-state index contributed by atoms with van der Waals surface area (Å²) < 4.78 is 0. The van der Waals surface area contributed by atoms with E-state index in [4.69, 9.17) is 0 Å². The number of thioether (sulfide) groups is 1. The molecule has 136 valence electrons. The van der Waals surface area contributed by atoms with Crippen molar-refractivity contribution in [2.24, 2.45) is 0 Å². The summed E-state index contributed by atoms with van der Waals surface area (Å²) in [5.41, 5.74) is 7.80. The van der Waals surface area contributed by atoms with Gasteiger partial charge in [-0.1, -0.05) is 53.5 Å². The third-order valence-corrected chi connectivity index (χ3v) is 6.37. The van der Waals surface area contributed by atoms with Crippen LogP contribution in [0.3, 0.4) is 0 Å². The highest BCUT2D eigenvalue weighted by atomic mass is 32.2. The van der Waals surface area contributed by atoms with E-state index >= 15 is 0 Å². The van der Waals surface area contributed by atoms with Gasteiger partial charge in [0.1, 0.15) is 13.6 Å². The average Bonchev–Trinajstić information content (AvgIpc) is 2.92. The molecule has 1 aliphatic rings. The molecule has 0 saturated carbocycles. The predicted molar refractivity (Wildman–Crippen MR) is 116 cm³/mol. The van der Waals surface area contributed by atoms with E-state index < -0.39 is 6.10 Å². The first-order valence-electron chi connectivity index (χ1n) is 9.32. The fraction of sp³-hybridized carbons (Fsp3) is 0.217. The molecule has 27 heavy (non-hydrogen) atoms. The van der Waals surface area contributed by atoms with Crippen molar-refractivity contribution in [2.45, 2.75) is 30.3 Å². The zero-order valence-corrected chi connectivity index (χ0v) is 16.5. The molecule has 0 aliphatic heterocycles. The van der Waals surface area contributed by atoms with Crippen molar-refractivity contribution in [1.29, 1.82) is 0 Å². The molecule has 2 nitrogen and oxygen atoms in total. The highest BCUT2D eigenvalue weighted by Gasteiger charge is 2.30. The number of aliphatic hydroxyl groups is 1. The zero-order chi connectivity index (χ0) is 19.0. The van der Waals surface area contributed by atoms with E-state index in [1.807, 2.05) is 12.1 Å². The van der Waals surface area contributed by atoms with Gasteiger partial charge in [0.2, 0.25) is 0 Å². The van der Waals surface area contributed by atoms with E-state index in [0.29, 0.717) is 12.2 Å². The fourth-order valence-corrected chi connectivity index (χ4v) is 4.84. The van der Waals surface area contributed by atoms with Gasteiger partial charge in [-0.25, -0.2) is 0 Å². The van der Waals surface area contributed by atoms with Crippen LogP contribution in [0.15, 0.2) is 65.6 Å². The Labute approximate surface area is 165 Å². The van der Waals surface area contributed by atoms with Crippen LogP contribution in [0.5, 0.6) is 5.75 Å². The van der Waals surface area contributed by atoms with Gasteiger partial charge in [0.15, 0.2) is 0 Å². The quantitative estimate of drug-likeness (QED) is 0.530. The van der Waals surface area contributed by atoms with Crippen LogP contribution in [-0.2, 0) is 0 Å². The van der Waals surface area contributed by atoms with Crippen LogP contribution < -0.4 is 5.46 Å². The Hall–Kier alpha value is -2.17. The van der Waals surface area contributed by atoms with Crippen molar-refractivity contribution in [3.63, 3.8) is 0 Å². The third-order valence-electron chi connectivity index (χ3n) is 5.23. The first-order valence-corrected chi connectivity index (χ1v) is 10.3. The molecular formula is C23H23BO2S. The maximum absolute atomic E-state index is 10.7. The fourth-order valence-electron chi connectivity index (χ4n) is 3.94. The number of phenolic OH excluding ortho intramolecular Hbond substituents is 1. The van der Waals surface area contributed by atoms with Crippen LogP contribution in [0.25, 0.3) is 11.1 Å². The van der Waals surface area contributed by atoms with E-state index in [1.54, 1.807) is 23.9 Å². The van der Waals surface area contributed by atoms with E-state index in [9.17, 15) is 10.2 Å². The standard InChI is InChI=1S/C23H23BO2S/c1-14-5-7-19-21(9-14)22-10-15(24)6-8-20(22)23(19)12-17(26)13-27-18-4-2-3-16(25)11-18/h2-11,17,23,25-26H,12-13,24H2,1H3. The summed E-state index contributed by atoms with van der Waals surface area (Å²) in [7, 11) is 2.13. The molecule has 3 aromatic carbocycles. The topological polar surface area (TPSA) is 40.5 Å². The lowest BCUT2D eigenvalue weighted by molar-refractivity contribution is 0.184. The number of hydrogen-bond donors (Lipinski definition) is 2. The Balaban J connectivity index is 1.55. The van der Waals surface area contributed by atoms with Gasteiger partial charge in [0.25, 0.3) is 0 Å². The average molecular weight is 374 g/mol. The van der Waals surface area contributed by atoms with Gasteiger partial charge >= 0.3 is 0 Å². The number of aromatic hydroxyl groups is 1. The highest BCUT2D eigenvalue weighted by Crippen LogP contribution is 2.47. The normalized spacial score (nSPS) is 16.0. The molecule has 1 aliphatic carbocycles. The van der Waals surface area contributed by atoms with Crippen LogP contribution >= 0.6 is 11.8 Å². The maximum Gasteiger partial charge on any atom is 0.139 e. The summed E-state index contributed by atoms with van der Waals surface area (Å²) in [6, 6.07) is 20.5. The monoisotopic (exact) mass is 374 g/mol. The minimum Gasteiger partial charge on any atom is -0.508 e. The lowest BCUT2D eigenvalue weighted by Gasteiger charge is -2.18. The van der Waals surface area contributed by atoms with E-state index in [-0.39, 0.29) is 11.7 Å². The maximum atomic E-state index is 10.7. The molecule has 0 amide bonds. The molecule has 4 heteroatoms. The van der Waals surface area contributed by atoms with Crippen LogP contribution in [0.4, 0.5) is 0 Å². The Kier molecular flexibility index (Phi) is 5.03. The summed E-state index contributed by atoms with van der Waals surface area (Å²) in [4.78, 5) is 0.979. The molecule has 0 radical (unpaired) electrons. The van der Waals surface area contributed by atoms with Gasteiger partial charge in [-0.15, -0.1) is 11.8 Å². The number of benzene rings is 3. The Morgan fingerprint density at radius 3 is 2.52 bits per heavy atom. The first kappa shape index (κ1) is 18.2. The molecule has 3 aromatic rings. The second-order valence-corrected chi connectivity index (χ2v) is 8.53. The minimum atomic E-state index is -0.413. The summed E-state index contributed by atoms with van der Waals surface area (Å²) in [6.45, 7) is 2.13. The van der Waals surface area contributed by atoms with Gasteiger partial charge in [0, 0.05) is 16.6 Å². The molecule has 0 fully saturated rings. The second-order valence-electron chi connectivity index (χ2n) is 7.43. The molecule has 4 rings (SSSR count). The van der Waals surface area contributed by atoms with Gasteiger partial charge in [-0.3, -0.25) is 0 Å². The SMILES string of the molecule is Bc1ccc2c(c1)-c1cc(C)ccc1C2CC(O)CSc1cccc(O)c1. The summed E-state index contributed by atoms with van der Waals surface area (Å²) >= 11 is 1.58. The number of fused-ring (bicyclic) bond motifs is 3. The lowest BCUT2D eigenvalue weighted by Crippen LogP contribution is -2.15. The summed E-state index contributed by atoms with van der Waals surface area (Å²) in [6.07, 6.45) is 0.293. The van der Waals surface area contributed by atoms with Crippen LogP contribution in [0.1, 0.15) is 29.0 Å². The van der Waals surface area contributed by atoms with Crippen LogP contribution in [-0.4, -0.2) is 29.9 Å². The molecule has 2 atom stereocenters. The number of aryl methyl sites for hydroxylation is 1. The molecule has 2 unspecified atom stereocenters. The van der Waals surface area contributed by atoms with Crippen molar-refractivity contribution in [3.05, 3.63) is 77.4 Å². The van der Waals surface area contributed by atoms with Crippen molar-refractivity contribution in [1.82, 2.24) is 0 Å². The van der Waals surface area contributed by atoms with Gasteiger partial charge in [-0.2, -0.15) is 0 Å². The third kappa shape index (κ3) is 3.78. The van der Waals surface area contributed by atoms with Crippen LogP contribution in [0.2, 0.25) is 0 Å². The van der Waals surface area contributed by atoms with Gasteiger partial charge in [-0.05, 0) is 53.8 Å². The molecule has 2 N–H and O–H groups in total. The molecule has 0 heterocycles. The smallest absolute Gasteiger partial charge is 0.139 e.